The van der Waals surface area contributed by atoms with Crippen LogP contribution in [0.4, 0.5) is 32.4 Å². The summed E-state index contributed by atoms with van der Waals surface area (Å²) in [6.45, 7) is 3.83. The zero-order valence-electron chi connectivity index (χ0n) is 16.3. The molecule has 2 aliphatic heterocycles. The van der Waals surface area contributed by atoms with Crippen molar-refractivity contribution in [3.8, 4) is 0 Å². The Morgan fingerprint density at radius 2 is 2.00 bits per heavy atom. The fourth-order valence-electron chi connectivity index (χ4n) is 3.22. The zero-order chi connectivity index (χ0) is 23.4. The number of halogens is 5. The van der Waals surface area contributed by atoms with Gasteiger partial charge in [0.05, 0.1) is 22.8 Å². The van der Waals surface area contributed by atoms with Gasteiger partial charge in [-0.2, -0.15) is 13.2 Å². The lowest BCUT2D eigenvalue weighted by Gasteiger charge is -2.26. The molecule has 0 aliphatic carbocycles. The maximum absolute atomic E-state index is 14.6. The highest BCUT2D eigenvalue weighted by Crippen LogP contribution is 2.54. The van der Waals surface area contributed by atoms with E-state index in [1.54, 1.807) is 20.8 Å². The van der Waals surface area contributed by atoms with Crippen molar-refractivity contribution in [3.63, 3.8) is 0 Å². The number of ether oxygens (including phenoxy) is 2. The highest BCUT2D eigenvalue weighted by atomic mass is 32.2. The van der Waals surface area contributed by atoms with Gasteiger partial charge in [-0.25, -0.2) is 18.6 Å². The van der Waals surface area contributed by atoms with Crippen molar-refractivity contribution in [2.75, 3.05) is 6.61 Å². The minimum atomic E-state index is -4.90. The van der Waals surface area contributed by atoms with Crippen LogP contribution in [0.2, 0.25) is 0 Å². The summed E-state index contributed by atoms with van der Waals surface area (Å²) in [6, 6.07) is 0.932. The predicted octanol–water partition coefficient (Wildman–Crippen LogP) is 4.03. The number of rotatable bonds is 2. The van der Waals surface area contributed by atoms with Crippen molar-refractivity contribution in [3.05, 3.63) is 39.4 Å². The summed E-state index contributed by atoms with van der Waals surface area (Å²) >= 11 is 0.427. The SMILES string of the molecule is CC(C)(C)OC(=O)NC1=N[C@@]2(c3cc([N+](=O)[O-])cc(F)c3F)CO[C@H](C(F)(F)F)[C@H]2S1. The van der Waals surface area contributed by atoms with Gasteiger partial charge in [0.25, 0.3) is 5.69 Å². The van der Waals surface area contributed by atoms with E-state index in [1.165, 1.54) is 0 Å². The van der Waals surface area contributed by atoms with Crippen LogP contribution in [0.25, 0.3) is 0 Å². The van der Waals surface area contributed by atoms with E-state index in [1.807, 2.05) is 0 Å². The van der Waals surface area contributed by atoms with Crippen molar-refractivity contribution in [2.45, 2.75) is 49.4 Å². The number of amidine groups is 1. The molecule has 0 radical (unpaired) electrons. The summed E-state index contributed by atoms with van der Waals surface area (Å²) in [7, 11) is 0. The van der Waals surface area contributed by atoms with E-state index in [9.17, 15) is 36.9 Å². The maximum atomic E-state index is 14.6. The van der Waals surface area contributed by atoms with Crippen LogP contribution in [0.15, 0.2) is 17.1 Å². The molecule has 2 aliphatic rings. The molecule has 170 valence electrons. The number of hydrogen-bond donors (Lipinski definition) is 1. The number of hydrogen-bond acceptors (Lipinski definition) is 7. The molecule has 0 bridgehead atoms. The number of nitrogens with one attached hydrogen (secondary N) is 1. The number of carbonyl (C=O) groups is 1. The Morgan fingerprint density at radius 1 is 1.35 bits per heavy atom. The lowest BCUT2D eigenvalue weighted by molar-refractivity contribution is -0.385. The summed E-state index contributed by atoms with van der Waals surface area (Å²) < 4.78 is 79.0. The number of nitro benzene ring substituents is 1. The molecule has 0 saturated carbocycles. The fourth-order valence-corrected chi connectivity index (χ4v) is 4.62. The molecular formula is C17H16F5N3O5S. The van der Waals surface area contributed by atoms with Gasteiger partial charge >= 0.3 is 12.3 Å². The van der Waals surface area contributed by atoms with Crippen molar-refractivity contribution >= 4 is 28.7 Å². The summed E-state index contributed by atoms with van der Waals surface area (Å²) in [5.74, 6) is -3.22. The summed E-state index contributed by atoms with van der Waals surface area (Å²) in [6.07, 6.45) is -8.36. The second kappa shape index (κ2) is 7.58. The Balaban J connectivity index is 2.08. The molecule has 14 heteroatoms. The number of amides is 1. The van der Waals surface area contributed by atoms with E-state index in [0.717, 1.165) is 0 Å². The average molecular weight is 469 g/mol. The van der Waals surface area contributed by atoms with Gasteiger partial charge < -0.3 is 9.47 Å². The minimum absolute atomic E-state index is 0.313. The summed E-state index contributed by atoms with van der Waals surface area (Å²) in [5, 5.41) is 11.2. The Bertz CT molecular complexity index is 965. The Labute approximate surface area is 176 Å². The fraction of sp³-hybridized carbons (Fsp3) is 0.529. The van der Waals surface area contributed by atoms with E-state index in [2.05, 4.69) is 10.3 Å². The number of nitrogens with zero attached hydrogens (tertiary/aromatic N) is 2. The van der Waals surface area contributed by atoms with Gasteiger partial charge in [0, 0.05) is 11.6 Å². The van der Waals surface area contributed by atoms with Crippen LogP contribution < -0.4 is 5.32 Å². The lowest BCUT2D eigenvalue weighted by atomic mass is 9.86. The molecular weight excluding hydrogens is 453 g/mol. The Hall–Kier alpha value is -2.48. The number of thioether (sulfide) groups is 1. The molecule has 0 aromatic heterocycles. The smallest absolute Gasteiger partial charge is 0.415 e. The van der Waals surface area contributed by atoms with Gasteiger partial charge in [0.2, 0.25) is 0 Å². The van der Waals surface area contributed by atoms with Crippen LogP contribution in [0.1, 0.15) is 26.3 Å². The molecule has 3 atom stereocenters. The largest absolute Gasteiger partial charge is 0.444 e. The molecule has 2 heterocycles. The van der Waals surface area contributed by atoms with Crippen molar-refractivity contribution in [1.82, 2.24) is 5.32 Å². The van der Waals surface area contributed by atoms with Crippen LogP contribution in [-0.2, 0) is 15.0 Å². The van der Waals surface area contributed by atoms with Crippen LogP contribution in [0.3, 0.4) is 0 Å². The number of benzene rings is 1. The molecule has 1 N–H and O–H groups in total. The molecule has 1 fully saturated rings. The Morgan fingerprint density at radius 3 is 2.55 bits per heavy atom. The Kier molecular flexibility index (Phi) is 5.67. The third-order valence-electron chi connectivity index (χ3n) is 4.39. The van der Waals surface area contributed by atoms with Gasteiger partial charge in [-0.15, -0.1) is 0 Å². The quantitative estimate of drug-likeness (QED) is 0.399. The molecule has 31 heavy (non-hydrogen) atoms. The first kappa shape index (κ1) is 23.2. The number of nitro groups is 1. The number of fused-ring (bicyclic) bond motifs is 1. The van der Waals surface area contributed by atoms with Gasteiger partial charge in [0.1, 0.15) is 11.1 Å². The van der Waals surface area contributed by atoms with Gasteiger partial charge in [-0.1, -0.05) is 11.8 Å². The summed E-state index contributed by atoms with van der Waals surface area (Å²) in [4.78, 5) is 26.1. The first-order valence-corrected chi connectivity index (χ1v) is 9.61. The molecule has 1 aromatic rings. The molecule has 3 rings (SSSR count). The number of alkyl halides is 3. The van der Waals surface area contributed by atoms with Crippen molar-refractivity contribution in [1.29, 1.82) is 0 Å². The lowest BCUT2D eigenvalue weighted by Crippen LogP contribution is -2.42. The first-order valence-electron chi connectivity index (χ1n) is 8.73. The third-order valence-corrected chi connectivity index (χ3v) is 5.70. The van der Waals surface area contributed by atoms with Gasteiger partial charge in [0.15, 0.2) is 22.9 Å². The normalized spacial score (nSPS) is 25.7. The number of alkyl carbamates (subject to hydrolysis) is 1. The van der Waals surface area contributed by atoms with Crippen LogP contribution in [0.5, 0.6) is 0 Å². The monoisotopic (exact) mass is 469 g/mol. The van der Waals surface area contributed by atoms with Crippen LogP contribution in [0, 0.1) is 21.7 Å². The van der Waals surface area contributed by atoms with Crippen LogP contribution in [-0.4, -0.2) is 45.9 Å². The first-order chi connectivity index (χ1) is 14.1. The van der Waals surface area contributed by atoms with E-state index in [4.69, 9.17) is 9.47 Å². The predicted molar refractivity (Wildman–Crippen MR) is 98.7 cm³/mol. The van der Waals surface area contributed by atoms with Gasteiger partial charge in [-0.05, 0) is 20.8 Å². The van der Waals surface area contributed by atoms with Gasteiger partial charge in [-0.3, -0.25) is 15.4 Å². The molecule has 8 nitrogen and oxygen atoms in total. The second-order valence-electron chi connectivity index (χ2n) is 7.83. The van der Waals surface area contributed by atoms with E-state index >= 15 is 0 Å². The topological polar surface area (TPSA) is 103 Å². The minimum Gasteiger partial charge on any atom is -0.444 e. The highest BCUT2D eigenvalue weighted by Gasteiger charge is 2.64. The average Bonchev–Trinajstić information content (AvgIpc) is 3.10. The van der Waals surface area contributed by atoms with E-state index in [-0.39, 0.29) is 5.17 Å². The van der Waals surface area contributed by atoms with E-state index in [0.29, 0.717) is 23.9 Å². The number of carbonyl (C=O) groups excluding carboxylic acids is 1. The van der Waals surface area contributed by atoms with Crippen molar-refractivity contribution < 1.29 is 41.1 Å². The number of non-ortho nitro benzene ring substituents is 1. The standard InChI is InChI=1S/C17H16F5N3O5S/c1-15(2,3)30-14(26)23-13-24-16(6-29-11(12(16)31-13)17(20,21)22)8-4-7(25(27)28)5-9(18)10(8)19/h4-5,11-12H,6H2,1-3H3,(H,23,24,26)/t11-,12+,16+/m0/s1. The maximum Gasteiger partial charge on any atom is 0.415 e. The molecule has 0 unspecified atom stereocenters. The molecule has 1 amide bonds. The van der Waals surface area contributed by atoms with Crippen molar-refractivity contribution in [2.24, 2.45) is 4.99 Å². The highest BCUT2D eigenvalue weighted by molar-refractivity contribution is 8.14. The molecule has 0 spiro atoms. The van der Waals surface area contributed by atoms with E-state index < -0.39 is 69.2 Å². The zero-order valence-corrected chi connectivity index (χ0v) is 17.1. The van der Waals surface area contributed by atoms with Crippen LogP contribution >= 0.6 is 11.8 Å². The second-order valence-corrected chi connectivity index (χ2v) is 8.96. The molecule has 1 saturated heterocycles. The number of aliphatic imine (C=N–C) groups is 1. The molecule has 1 aromatic carbocycles. The summed E-state index contributed by atoms with van der Waals surface area (Å²) in [5.41, 5.74) is -4.73. The third kappa shape index (κ3) is 4.44.